The number of hydrogen-bond acceptors (Lipinski definition) is 2. The first-order chi connectivity index (χ1) is 11.4. The van der Waals surface area contributed by atoms with E-state index in [1.807, 2.05) is 11.0 Å². The molecule has 1 aliphatic rings. The van der Waals surface area contributed by atoms with Gasteiger partial charge in [-0.25, -0.2) is 0 Å². The quantitative estimate of drug-likeness (QED) is 0.820. The van der Waals surface area contributed by atoms with Gasteiger partial charge in [-0.3, -0.25) is 4.79 Å². The molecule has 7 heteroatoms. The van der Waals surface area contributed by atoms with Gasteiger partial charge in [0, 0.05) is 18.8 Å². The molecule has 0 fully saturated rings. The summed E-state index contributed by atoms with van der Waals surface area (Å²) in [7, 11) is 0. The van der Waals surface area contributed by atoms with E-state index < -0.39 is 11.7 Å². The standard InChI is InChI=1S/C17H14ClF3N2O/c18-15-8-14(22-10-24)7-12-4-5-23(16(12)15)9-11-2-1-3-13(6-11)17(19,20)21/h1-3,6-8,10H,4-5,9H2,(H,22,24). The Bertz CT molecular complexity index is 777. The molecule has 24 heavy (non-hydrogen) atoms. The van der Waals surface area contributed by atoms with E-state index in [0.717, 1.165) is 29.8 Å². The molecular formula is C17H14ClF3N2O. The van der Waals surface area contributed by atoms with Crippen LogP contribution in [0.2, 0.25) is 5.02 Å². The lowest BCUT2D eigenvalue weighted by molar-refractivity contribution is -0.137. The molecule has 1 heterocycles. The van der Waals surface area contributed by atoms with Crippen LogP contribution in [0.25, 0.3) is 0 Å². The molecule has 126 valence electrons. The van der Waals surface area contributed by atoms with Crippen molar-refractivity contribution in [1.29, 1.82) is 0 Å². The third-order valence-corrected chi connectivity index (χ3v) is 4.25. The highest BCUT2D eigenvalue weighted by atomic mass is 35.5. The number of nitrogens with zero attached hydrogens (tertiary/aromatic N) is 1. The predicted molar refractivity (Wildman–Crippen MR) is 87.3 cm³/mol. The van der Waals surface area contributed by atoms with Crippen LogP contribution < -0.4 is 10.2 Å². The van der Waals surface area contributed by atoms with E-state index >= 15 is 0 Å². The van der Waals surface area contributed by atoms with Crippen LogP contribution in [0.4, 0.5) is 24.5 Å². The van der Waals surface area contributed by atoms with Crippen LogP contribution in [0.1, 0.15) is 16.7 Å². The second kappa shape index (κ2) is 6.36. The Morgan fingerprint density at radius 2 is 2.04 bits per heavy atom. The summed E-state index contributed by atoms with van der Waals surface area (Å²) in [5.74, 6) is 0. The van der Waals surface area contributed by atoms with E-state index in [9.17, 15) is 18.0 Å². The van der Waals surface area contributed by atoms with Crippen LogP contribution in [0.5, 0.6) is 0 Å². The van der Waals surface area contributed by atoms with Gasteiger partial charge in [0.25, 0.3) is 0 Å². The summed E-state index contributed by atoms with van der Waals surface area (Å²) >= 11 is 6.30. The fourth-order valence-electron chi connectivity index (χ4n) is 2.94. The number of rotatable bonds is 4. The van der Waals surface area contributed by atoms with Crippen molar-refractivity contribution in [3.8, 4) is 0 Å². The molecule has 0 unspecified atom stereocenters. The SMILES string of the molecule is O=CNc1cc(Cl)c2c(c1)CCN2Cc1cccc(C(F)(F)F)c1. The first kappa shape index (κ1) is 16.6. The van der Waals surface area contributed by atoms with E-state index in [-0.39, 0.29) is 0 Å². The number of carbonyl (C=O) groups is 1. The third-order valence-electron chi connectivity index (χ3n) is 3.96. The molecule has 1 N–H and O–H groups in total. The number of fused-ring (bicyclic) bond motifs is 1. The van der Waals surface area contributed by atoms with Gasteiger partial charge < -0.3 is 10.2 Å². The van der Waals surface area contributed by atoms with E-state index in [2.05, 4.69) is 5.32 Å². The molecule has 2 aromatic carbocycles. The van der Waals surface area contributed by atoms with Crippen LogP contribution in [0, 0.1) is 0 Å². The third kappa shape index (κ3) is 3.33. The van der Waals surface area contributed by atoms with Gasteiger partial charge in [-0.1, -0.05) is 23.7 Å². The molecule has 0 radical (unpaired) electrons. The molecule has 0 spiro atoms. The van der Waals surface area contributed by atoms with Gasteiger partial charge in [0.05, 0.1) is 16.3 Å². The second-order valence-electron chi connectivity index (χ2n) is 5.60. The molecule has 0 saturated heterocycles. The summed E-state index contributed by atoms with van der Waals surface area (Å²) in [6.07, 6.45) is -3.05. The number of benzene rings is 2. The highest BCUT2D eigenvalue weighted by molar-refractivity contribution is 6.34. The molecule has 0 saturated carbocycles. The number of anilines is 2. The monoisotopic (exact) mass is 354 g/mol. The van der Waals surface area contributed by atoms with Crippen molar-refractivity contribution >= 4 is 29.4 Å². The van der Waals surface area contributed by atoms with Crippen molar-refractivity contribution in [3.05, 3.63) is 58.1 Å². The Hall–Kier alpha value is -2.21. The molecule has 2 aromatic rings. The van der Waals surface area contributed by atoms with E-state index in [4.69, 9.17) is 11.6 Å². The Morgan fingerprint density at radius 1 is 1.25 bits per heavy atom. The van der Waals surface area contributed by atoms with Crippen molar-refractivity contribution in [3.63, 3.8) is 0 Å². The number of alkyl halides is 3. The summed E-state index contributed by atoms with van der Waals surface area (Å²) in [4.78, 5) is 12.5. The minimum Gasteiger partial charge on any atom is -0.365 e. The van der Waals surface area contributed by atoms with E-state index in [1.54, 1.807) is 12.1 Å². The van der Waals surface area contributed by atoms with Crippen molar-refractivity contribution in [2.45, 2.75) is 19.1 Å². The minimum absolute atomic E-state index is 0.344. The summed E-state index contributed by atoms with van der Waals surface area (Å²) in [6.45, 7) is 1.01. The highest BCUT2D eigenvalue weighted by Crippen LogP contribution is 2.39. The maximum Gasteiger partial charge on any atom is 0.416 e. The molecule has 3 rings (SSSR count). The fraction of sp³-hybridized carbons (Fsp3) is 0.235. The van der Waals surface area contributed by atoms with Crippen LogP contribution in [0.3, 0.4) is 0 Å². The lowest BCUT2D eigenvalue weighted by Gasteiger charge is -2.21. The maximum absolute atomic E-state index is 12.8. The predicted octanol–water partition coefficient (Wildman–Crippen LogP) is 4.49. The first-order valence-corrected chi connectivity index (χ1v) is 7.70. The van der Waals surface area contributed by atoms with Crippen LogP contribution in [-0.2, 0) is 23.9 Å². The van der Waals surface area contributed by atoms with Crippen LogP contribution >= 0.6 is 11.6 Å². The van der Waals surface area contributed by atoms with Crippen LogP contribution in [-0.4, -0.2) is 13.0 Å². The number of halogens is 4. The van der Waals surface area contributed by atoms with Crippen molar-refractivity contribution < 1.29 is 18.0 Å². The van der Waals surface area contributed by atoms with Crippen molar-refractivity contribution in [2.24, 2.45) is 0 Å². The fourth-order valence-corrected chi connectivity index (χ4v) is 3.30. The maximum atomic E-state index is 12.8. The molecule has 0 aromatic heterocycles. The zero-order chi connectivity index (χ0) is 17.3. The molecule has 3 nitrogen and oxygen atoms in total. The first-order valence-electron chi connectivity index (χ1n) is 7.32. The normalized spacial score (nSPS) is 13.8. The largest absolute Gasteiger partial charge is 0.416 e. The van der Waals surface area contributed by atoms with E-state index in [1.165, 1.54) is 6.07 Å². The lowest BCUT2D eigenvalue weighted by Crippen LogP contribution is -2.20. The second-order valence-corrected chi connectivity index (χ2v) is 6.00. The van der Waals surface area contributed by atoms with Gasteiger partial charge in [-0.15, -0.1) is 0 Å². The average Bonchev–Trinajstić information content (AvgIpc) is 2.90. The number of carbonyl (C=O) groups excluding carboxylic acids is 1. The van der Waals surface area contributed by atoms with Crippen LogP contribution in [0.15, 0.2) is 36.4 Å². The average molecular weight is 355 g/mol. The summed E-state index contributed by atoms with van der Waals surface area (Å²) < 4.78 is 38.5. The Kier molecular flexibility index (Phi) is 4.41. The molecule has 0 atom stereocenters. The van der Waals surface area contributed by atoms with Gasteiger partial charge in [-0.2, -0.15) is 13.2 Å². The van der Waals surface area contributed by atoms with Gasteiger partial charge in [0.2, 0.25) is 6.41 Å². The van der Waals surface area contributed by atoms with Gasteiger partial charge in [0.1, 0.15) is 0 Å². The lowest BCUT2D eigenvalue weighted by atomic mass is 10.1. The highest BCUT2D eigenvalue weighted by Gasteiger charge is 2.31. The molecular weight excluding hydrogens is 341 g/mol. The Labute approximate surface area is 142 Å². The zero-order valence-electron chi connectivity index (χ0n) is 12.5. The van der Waals surface area contributed by atoms with E-state index in [0.29, 0.717) is 35.8 Å². The molecule has 1 aliphatic heterocycles. The zero-order valence-corrected chi connectivity index (χ0v) is 13.3. The molecule has 1 amide bonds. The Morgan fingerprint density at radius 3 is 2.75 bits per heavy atom. The number of nitrogens with one attached hydrogen (secondary N) is 1. The molecule has 0 bridgehead atoms. The minimum atomic E-state index is -4.36. The van der Waals surface area contributed by atoms with Crippen molar-refractivity contribution in [2.75, 3.05) is 16.8 Å². The molecule has 0 aliphatic carbocycles. The smallest absolute Gasteiger partial charge is 0.365 e. The van der Waals surface area contributed by atoms with Gasteiger partial charge in [0.15, 0.2) is 0 Å². The summed E-state index contributed by atoms with van der Waals surface area (Å²) in [5, 5.41) is 3.03. The summed E-state index contributed by atoms with van der Waals surface area (Å²) in [5.41, 5.74) is 2.30. The summed E-state index contributed by atoms with van der Waals surface area (Å²) in [6, 6.07) is 8.78. The Balaban J connectivity index is 1.86. The van der Waals surface area contributed by atoms with Crippen molar-refractivity contribution in [1.82, 2.24) is 0 Å². The van der Waals surface area contributed by atoms with Gasteiger partial charge >= 0.3 is 6.18 Å². The topological polar surface area (TPSA) is 32.3 Å². The number of hydrogen-bond donors (Lipinski definition) is 1. The number of amides is 1. The van der Waals surface area contributed by atoms with Gasteiger partial charge in [-0.05, 0) is 41.8 Å².